The van der Waals surface area contributed by atoms with E-state index in [2.05, 4.69) is 14.9 Å². The number of aliphatic carboxylic acids is 1. The fraction of sp³-hybridized carbons (Fsp3) is 0.417. The van der Waals surface area contributed by atoms with Crippen LogP contribution in [0.1, 0.15) is 15.9 Å². The third kappa shape index (κ3) is 7.58. The fourth-order valence-electron chi connectivity index (χ4n) is 3.94. The van der Waals surface area contributed by atoms with Gasteiger partial charge < -0.3 is 25.0 Å². The van der Waals surface area contributed by atoms with Gasteiger partial charge in [0.05, 0.1) is 29.5 Å². The lowest BCUT2D eigenvalue weighted by Crippen LogP contribution is -2.44. The molecule has 0 aromatic heterocycles. The zero-order valence-electron chi connectivity index (χ0n) is 20.6. The molecular weight excluding hydrogens is 529 g/mol. The SMILES string of the molecule is Cc1ccccc1S(=O)(=O)Nc1cc(C(=O)N2CCOCC2)ccc1N1CCNCC1.O=C(O)C(F)(F)F. The summed E-state index contributed by atoms with van der Waals surface area (Å²) < 4.78 is 66.2. The largest absolute Gasteiger partial charge is 0.490 e. The summed E-state index contributed by atoms with van der Waals surface area (Å²) in [5.74, 6) is -2.88. The standard InChI is InChI=1S/C22H28N4O4S.C2HF3O2/c1-17-4-2-3-5-21(17)31(28,29)24-19-16-18(22(27)26-12-14-30-15-13-26)6-7-20(19)25-10-8-23-9-11-25;3-2(4,5)1(6)7/h2-7,16,23-24H,8-15H2,1H3;(H,6,7). The summed E-state index contributed by atoms with van der Waals surface area (Å²) in [7, 11) is -3.81. The van der Waals surface area contributed by atoms with Gasteiger partial charge in [-0.05, 0) is 36.8 Å². The summed E-state index contributed by atoms with van der Waals surface area (Å²) >= 11 is 0. The molecule has 2 fully saturated rings. The van der Waals surface area contributed by atoms with Gasteiger partial charge in [0.2, 0.25) is 0 Å². The second kappa shape index (κ2) is 12.5. The Balaban J connectivity index is 0.000000505. The molecule has 2 aromatic rings. The summed E-state index contributed by atoms with van der Waals surface area (Å²) in [4.78, 5) is 26.0. The lowest BCUT2D eigenvalue weighted by Gasteiger charge is -2.32. The van der Waals surface area contributed by atoms with E-state index in [0.29, 0.717) is 43.1 Å². The molecule has 0 atom stereocenters. The molecule has 2 saturated heterocycles. The molecule has 0 saturated carbocycles. The Morgan fingerprint density at radius 3 is 2.21 bits per heavy atom. The summed E-state index contributed by atoms with van der Waals surface area (Å²) in [6.07, 6.45) is -5.08. The van der Waals surface area contributed by atoms with E-state index in [1.807, 2.05) is 12.1 Å². The average molecular weight is 559 g/mol. The van der Waals surface area contributed by atoms with Crippen molar-refractivity contribution in [3.8, 4) is 0 Å². The first kappa shape index (κ1) is 29.2. The highest BCUT2D eigenvalue weighted by atomic mass is 32.2. The van der Waals surface area contributed by atoms with Gasteiger partial charge in [-0.3, -0.25) is 9.52 Å². The Kier molecular flexibility index (Phi) is 9.57. The van der Waals surface area contributed by atoms with E-state index in [4.69, 9.17) is 14.6 Å². The summed E-state index contributed by atoms with van der Waals surface area (Å²) in [6.45, 7) is 7.01. The molecule has 3 N–H and O–H groups in total. The van der Waals surface area contributed by atoms with Crippen LogP contribution in [0.2, 0.25) is 0 Å². The lowest BCUT2D eigenvalue weighted by molar-refractivity contribution is -0.192. The number of rotatable bonds is 5. The zero-order valence-corrected chi connectivity index (χ0v) is 21.4. The van der Waals surface area contributed by atoms with E-state index in [9.17, 15) is 26.4 Å². The second-order valence-electron chi connectivity index (χ2n) is 8.55. The van der Waals surface area contributed by atoms with Gasteiger partial charge in [0.15, 0.2) is 0 Å². The van der Waals surface area contributed by atoms with Crippen LogP contribution in [0.5, 0.6) is 0 Å². The van der Waals surface area contributed by atoms with Crippen LogP contribution in [0.4, 0.5) is 24.5 Å². The highest BCUT2D eigenvalue weighted by Gasteiger charge is 2.38. The van der Waals surface area contributed by atoms with Crippen LogP contribution in [0.3, 0.4) is 0 Å². The number of nitrogens with one attached hydrogen (secondary N) is 2. The minimum Gasteiger partial charge on any atom is -0.475 e. The van der Waals surface area contributed by atoms with Crippen molar-refractivity contribution in [1.82, 2.24) is 10.2 Å². The van der Waals surface area contributed by atoms with E-state index in [1.54, 1.807) is 42.2 Å². The summed E-state index contributed by atoms with van der Waals surface area (Å²) in [6, 6.07) is 12.1. The van der Waals surface area contributed by atoms with Crippen LogP contribution >= 0.6 is 0 Å². The third-order valence-corrected chi connectivity index (χ3v) is 7.40. The molecule has 2 aromatic carbocycles. The number of nitrogens with zero attached hydrogens (tertiary/aromatic N) is 2. The first-order chi connectivity index (χ1) is 17.9. The van der Waals surface area contributed by atoms with Crippen molar-refractivity contribution < 1.29 is 41.0 Å². The zero-order chi connectivity index (χ0) is 27.9. The monoisotopic (exact) mass is 558 g/mol. The summed E-state index contributed by atoms with van der Waals surface area (Å²) in [5, 5.41) is 10.4. The van der Waals surface area contributed by atoms with Crippen LogP contribution in [0, 0.1) is 6.92 Å². The van der Waals surface area contributed by atoms with E-state index >= 15 is 0 Å². The molecule has 0 bridgehead atoms. The van der Waals surface area contributed by atoms with Gasteiger partial charge in [-0.15, -0.1) is 0 Å². The number of anilines is 2. The molecule has 0 radical (unpaired) electrons. The van der Waals surface area contributed by atoms with Gasteiger partial charge in [0.25, 0.3) is 15.9 Å². The van der Waals surface area contributed by atoms with Gasteiger partial charge in [-0.25, -0.2) is 13.2 Å². The number of alkyl halides is 3. The van der Waals surface area contributed by atoms with Gasteiger partial charge in [-0.2, -0.15) is 13.2 Å². The van der Waals surface area contributed by atoms with E-state index in [0.717, 1.165) is 31.9 Å². The van der Waals surface area contributed by atoms with Crippen LogP contribution in [0.25, 0.3) is 0 Å². The van der Waals surface area contributed by atoms with Crippen molar-refractivity contribution in [3.05, 3.63) is 53.6 Å². The Labute approximate surface area is 218 Å². The number of aryl methyl sites for hydroxylation is 1. The number of carbonyl (C=O) groups is 2. The molecule has 0 spiro atoms. The van der Waals surface area contributed by atoms with Gasteiger partial charge in [0.1, 0.15) is 0 Å². The van der Waals surface area contributed by atoms with Crippen LogP contribution in [0.15, 0.2) is 47.4 Å². The smallest absolute Gasteiger partial charge is 0.475 e. The number of carbonyl (C=O) groups excluding carboxylic acids is 1. The minimum atomic E-state index is -5.08. The molecule has 2 aliphatic rings. The maximum absolute atomic E-state index is 13.2. The highest BCUT2D eigenvalue weighted by Crippen LogP contribution is 2.31. The quantitative estimate of drug-likeness (QED) is 0.510. The molecule has 0 aliphatic carbocycles. The number of ether oxygens (including phenoxy) is 1. The van der Waals surface area contributed by atoms with Crippen molar-refractivity contribution in [2.24, 2.45) is 0 Å². The van der Waals surface area contributed by atoms with Crippen molar-refractivity contribution in [2.45, 2.75) is 18.0 Å². The van der Waals surface area contributed by atoms with E-state index in [1.165, 1.54) is 0 Å². The Hall–Kier alpha value is -3.36. The third-order valence-electron chi connectivity index (χ3n) is 5.87. The predicted octanol–water partition coefficient (Wildman–Crippen LogP) is 2.31. The number of halogens is 3. The van der Waals surface area contributed by atoms with Gasteiger partial charge in [0, 0.05) is 44.8 Å². The van der Waals surface area contributed by atoms with Crippen molar-refractivity contribution in [3.63, 3.8) is 0 Å². The molecule has 14 heteroatoms. The molecule has 4 rings (SSSR count). The van der Waals surface area contributed by atoms with Crippen LogP contribution in [-0.4, -0.2) is 89.0 Å². The van der Waals surface area contributed by atoms with Crippen molar-refractivity contribution in [2.75, 3.05) is 62.1 Å². The molecule has 208 valence electrons. The number of benzene rings is 2. The average Bonchev–Trinajstić information content (AvgIpc) is 2.89. The summed E-state index contributed by atoms with van der Waals surface area (Å²) in [5.41, 5.74) is 2.32. The molecular formula is C24H29F3N4O6S. The molecule has 10 nitrogen and oxygen atoms in total. The number of hydrogen-bond acceptors (Lipinski definition) is 7. The number of hydrogen-bond donors (Lipinski definition) is 3. The van der Waals surface area contributed by atoms with Crippen LogP contribution < -0.4 is 14.9 Å². The minimum absolute atomic E-state index is 0.119. The second-order valence-corrected chi connectivity index (χ2v) is 10.2. The number of amides is 1. The Morgan fingerprint density at radius 1 is 1.03 bits per heavy atom. The number of sulfonamides is 1. The van der Waals surface area contributed by atoms with Crippen molar-refractivity contribution in [1.29, 1.82) is 0 Å². The fourth-order valence-corrected chi connectivity index (χ4v) is 5.25. The molecule has 1 amide bonds. The Morgan fingerprint density at radius 2 is 1.63 bits per heavy atom. The van der Waals surface area contributed by atoms with E-state index in [-0.39, 0.29) is 10.8 Å². The van der Waals surface area contributed by atoms with Crippen LogP contribution in [-0.2, 0) is 19.6 Å². The van der Waals surface area contributed by atoms with E-state index < -0.39 is 22.2 Å². The first-order valence-electron chi connectivity index (χ1n) is 11.8. The predicted molar refractivity (Wildman–Crippen MR) is 134 cm³/mol. The van der Waals surface area contributed by atoms with Gasteiger partial charge >= 0.3 is 12.1 Å². The molecule has 0 unspecified atom stereocenters. The normalized spacial score (nSPS) is 16.3. The number of carboxylic acid groups (broad SMARTS) is 1. The number of morpholine rings is 1. The molecule has 38 heavy (non-hydrogen) atoms. The maximum atomic E-state index is 13.2. The van der Waals surface area contributed by atoms with Gasteiger partial charge in [-0.1, -0.05) is 18.2 Å². The Bertz CT molecular complexity index is 1240. The molecule has 2 heterocycles. The first-order valence-corrected chi connectivity index (χ1v) is 13.2. The lowest BCUT2D eigenvalue weighted by atomic mass is 10.1. The number of piperazine rings is 1. The molecule has 2 aliphatic heterocycles. The topological polar surface area (TPSA) is 128 Å². The maximum Gasteiger partial charge on any atom is 0.490 e. The highest BCUT2D eigenvalue weighted by molar-refractivity contribution is 7.92. The van der Waals surface area contributed by atoms with Crippen molar-refractivity contribution >= 4 is 33.3 Å². The number of carboxylic acids is 1.